The van der Waals surface area contributed by atoms with Gasteiger partial charge in [-0.25, -0.2) is 9.86 Å². The molecule has 6 heteroatoms. The Balaban J connectivity index is 1.94. The van der Waals surface area contributed by atoms with E-state index in [1.165, 1.54) is 12.2 Å². The van der Waals surface area contributed by atoms with E-state index in [1.807, 2.05) is 30.3 Å². The average Bonchev–Trinajstić information content (AvgIpc) is 2.54. The maximum Gasteiger partial charge on any atom is 0.321 e. The number of amides is 3. The zero-order valence-electron chi connectivity index (χ0n) is 12.4. The molecule has 114 valence electrons. The third-order valence-corrected chi connectivity index (χ3v) is 3.67. The predicted octanol–water partition coefficient (Wildman–Crippen LogP) is 1.95. The summed E-state index contributed by atoms with van der Waals surface area (Å²) in [6.45, 7) is 1.09. The Morgan fingerprint density at radius 3 is 2.71 bits per heavy atom. The lowest BCUT2D eigenvalue weighted by molar-refractivity contribution is -0.174. The van der Waals surface area contributed by atoms with Crippen molar-refractivity contribution in [1.29, 1.82) is 0 Å². The van der Waals surface area contributed by atoms with Crippen LogP contribution < -0.4 is 5.32 Å². The van der Waals surface area contributed by atoms with Crippen molar-refractivity contribution in [3.8, 4) is 0 Å². The first-order chi connectivity index (χ1) is 10.1. The number of anilines is 1. The fraction of sp³-hybridized carbons (Fsp3) is 0.467. The number of urea groups is 1. The van der Waals surface area contributed by atoms with Crippen LogP contribution in [0.2, 0.25) is 0 Å². The molecule has 0 bridgehead atoms. The largest absolute Gasteiger partial charge is 0.324 e. The summed E-state index contributed by atoms with van der Waals surface area (Å²) in [5.41, 5.74) is 0.755. The van der Waals surface area contributed by atoms with Crippen molar-refractivity contribution in [2.75, 3.05) is 32.6 Å². The van der Waals surface area contributed by atoms with Crippen molar-refractivity contribution in [3.63, 3.8) is 0 Å². The fourth-order valence-electron chi connectivity index (χ4n) is 2.43. The van der Waals surface area contributed by atoms with Gasteiger partial charge in [-0.15, -0.1) is 0 Å². The van der Waals surface area contributed by atoms with E-state index >= 15 is 0 Å². The molecule has 1 saturated heterocycles. The Kier molecular flexibility index (Phi) is 5.16. The molecule has 1 N–H and O–H groups in total. The number of carbonyl (C=O) groups excluding carboxylic acids is 2. The van der Waals surface area contributed by atoms with Crippen LogP contribution in [-0.4, -0.2) is 49.1 Å². The molecule has 1 heterocycles. The highest BCUT2D eigenvalue weighted by Crippen LogP contribution is 2.19. The summed E-state index contributed by atoms with van der Waals surface area (Å²) in [4.78, 5) is 30.9. The van der Waals surface area contributed by atoms with Crippen LogP contribution in [0.4, 0.5) is 10.5 Å². The van der Waals surface area contributed by atoms with Crippen molar-refractivity contribution in [2.24, 2.45) is 5.92 Å². The van der Waals surface area contributed by atoms with Crippen molar-refractivity contribution < 1.29 is 14.4 Å². The van der Waals surface area contributed by atoms with Crippen LogP contribution in [0.25, 0.3) is 0 Å². The number of nitrogens with one attached hydrogen (secondary N) is 1. The topological polar surface area (TPSA) is 61.9 Å². The van der Waals surface area contributed by atoms with Crippen LogP contribution in [0.15, 0.2) is 30.3 Å². The van der Waals surface area contributed by atoms with Gasteiger partial charge in [0, 0.05) is 25.8 Å². The molecular weight excluding hydrogens is 270 g/mol. The highest BCUT2D eigenvalue weighted by molar-refractivity contribution is 5.90. The quantitative estimate of drug-likeness (QED) is 0.866. The number of rotatable bonds is 3. The number of carbonyl (C=O) groups is 2. The first kappa shape index (κ1) is 15.3. The third kappa shape index (κ3) is 3.95. The first-order valence-corrected chi connectivity index (χ1v) is 7.04. The van der Waals surface area contributed by atoms with Gasteiger partial charge in [-0.1, -0.05) is 18.2 Å². The molecule has 21 heavy (non-hydrogen) atoms. The molecule has 3 amide bonds. The van der Waals surface area contributed by atoms with Crippen molar-refractivity contribution >= 4 is 17.6 Å². The average molecular weight is 291 g/mol. The number of hydroxylamine groups is 2. The van der Waals surface area contributed by atoms with Gasteiger partial charge >= 0.3 is 6.03 Å². The monoisotopic (exact) mass is 291 g/mol. The summed E-state index contributed by atoms with van der Waals surface area (Å²) in [6, 6.07) is 9.13. The molecule has 6 nitrogen and oxygen atoms in total. The summed E-state index contributed by atoms with van der Waals surface area (Å²) in [6.07, 6.45) is 1.60. The zero-order chi connectivity index (χ0) is 15.2. The lowest BCUT2D eigenvalue weighted by atomic mass is 9.97. The maximum absolute atomic E-state index is 12.2. The van der Waals surface area contributed by atoms with Crippen molar-refractivity contribution in [3.05, 3.63) is 30.3 Å². The second-order valence-electron chi connectivity index (χ2n) is 5.10. The normalized spacial score (nSPS) is 18.2. The number of para-hydroxylation sites is 1. The van der Waals surface area contributed by atoms with Gasteiger partial charge in [0.15, 0.2) is 0 Å². The minimum Gasteiger partial charge on any atom is -0.324 e. The van der Waals surface area contributed by atoms with Gasteiger partial charge in [-0.3, -0.25) is 9.63 Å². The number of benzene rings is 1. The second kappa shape index (κ2) is 7.08. The molecule has 1 unspecified atom stereocenters. The Morgan fingerprint density at radius 2 is 2.05 bits per heavy atom. The SMILES string of the molecule is CON(C)C(=O)C1CCCN(C(=O)Nc2ccccc2)C1. The van der Waals surface area contributed by atoms with E-state index in [2.05, 4.69) is 5.32 Å². The number of piperidine rings is 1. The van der Waals surface area contributed by atoms with E-state index in [-0.39, 0.29) is 17.9 Å². The molecule has 1 aliphatic heterocycles. The number of hydrogen-bond acceptors (Lipinski definition) is 3. The third-order valence-electron chi connectivity index (χ3n) is 3.67. The van der Waals surface area contributed by atoms with Gasteiger partial charge in [0.2, 0.25) is 0 Å². The van der Waals surface area contributed by atoms with Crippen LogP contribution in [0.1, 0.15) is 12.8 Å². The molecule has 0 radical (unpaired) electrons. The zero-order valence-corrected chi connectivity index (χ0v) is 12.4. The van der Waals surface area contributed by atoms with Gasteiger partial charge < -0.3 is 10.2 Å². The van der Waals surface area contributed by atoms with Crippen LogP contribution >= 0.6 is 0 Å². The van der Waals surface area contributed by atoms with Crippen LogP contribution in [0, 0.1) is 5.92 Å². The fourth-order valence-corrected chi connectivity index (χ4v) is 2.43. The molecule has 0 aromatic heterocycles. The van der Waals surface area contributed by atoms with E-state index < -0.39 is 0 Å². The number of nitrogens with zero attached hydrogens (tertiary/aromatic N) is 2. The van der Waals surface area contributed by atoms with Gasteiger partial charge in [0.1, 0.15) is 0 Å². The lowest BCUT2D eigenvalue weighted by Gasteiger charge is -2.33. The smallest absolute Gasteiger partial charge is 0.321 e. The number of hydrogen-bond donors (Lipinski definition) is 1. The van der Waals surface area contributed by atoms with E-state index in [0.717, 1.165) is 18.5 Å². The van der Waals surface area contributed by atoms with Gasteiger partial charge in [0.25, 0.3) is 5.91 Å². The lowest BCUT2D eigenvalue weighted by Crippen LogP contribution is -2.47. The Morgan fingerprint density at radius 1 is 1.33 bits per heavy atom. The summed E-state index contributed by atoms with van der Waals surface area (Å²) in [7, 11) is 3.05. The Hall–Kier alpha value is -2.08. The molecule has 0 aliphatic carbocycles. The summed E-state index contributed by atoms with van der Waals surface area (Å²) in [5, 5.41) is 4.07. The highest BCUT2D eigenvalue weighted by Gasteiger charge is 2.30. The van der Waals surface area contributed by atoms with Crippen LogP contribution in [0.3, 0.4) is 0 Å². The Labute approximate surface area is 124 Å². The Bertz CT molecular complexity index is 492. The standard InChI is InChI=1S/C15H21N3O3/c1-17(21-2)14(19)12-7-6-10-18(11-12)15(20)16-13-8-4-3-5-9-13/h3-5,8-9,12H,6-7,10-11H2,1-2H3,(H,16,20). The summed E-state index contributed by atoms with van der Waals surface area (Å²) < 4.78 is 0. The molecule has 1 fully saturated rings. The molecule has 1 aromatic rings. The van der Waals surface area contributed by atoms with Crippen LogP contribution in [-0.2, 0) is 9.63 Å². The van der Waals surface area contributed by atoms with Crippen molar-refractivity contribution in [2.45, 2.75) is 12.8 Å². The minimum absolute atomic E-state index is 0.0882. The first-order valence-electron chi connectivity index (χ1n) is 7.04. The predicted molar refractivity (Wildman–Crippen MR) is 79.5 cm³/mol. The van der Waals surface area contributed by atoms with Gasteiger partial charge in [-0.05, 0) is 25.0 Å². The van der Waals surface area contributed by atoms with Crippen molar-refractivity contribution in [1.82, 2.24) is 9.96 Å². The van der Waals surface area contributed by atoms with Gasteiger partial charge in [0.05, 0.1) is 13.0 Å². The molecule has 1 aliphatic rings. The highest BCUT2D eigenvalue weighted by atomic mass is 16.7. The van der Waals surface area contributed by atoms with E-state index in [0.29, 0.717) is 13.1 Å². The van der Waals surface area contributed by atoms with E-state index in [9.17, 15) is 9.59 Å². The molecule has 2 rings (SSSR count). The molecule has 0 spiro atoms. The van der Waals surface area contributed by atoms with E-state index in [4.69, 9.17) is 4.84 Å². The minimum atomic E-state index is -0.203. The van der Waals surface area contributed by atoms with Crippen LogP contribution in [0.5, 0.6) is 0 Å². The maximum atomic E-state index is 12.2. The molecule has 1 aromatic carbocycles. The molecule has 0 saturated carbocycles. The summed E-state index contributed by atoms with van der Waals surface area (Å²) in [5.74, 6) is -0.292. The van der Waals surface area contributed by atoms with Gasteiger partial charge in [-0.2, -0.15) is 0 Å². The summed E-state index contributed by atoms with van der Waals surface area (Å²) >= 11 is 0. The van der Waals surface area contributed by atoms with E-state index in [1.54, 1.807) is 11.9 Å². The molecule has 1 atom stereocenters. The molecular formula is C15H21N3O3. The number of likely N-dealkylation sites (tertiary alicyclic amines) is 1. The second-order valence-corrected chi connectivity index (χ2v) is 5.10.